The molecule has 2 aromatic carbocycles. The Kier molecular flexibility index (Phi) is 6.92. The molecule has 0 saturated carbocycles. The molecule has 0 bridgehead atoms. The van der Waals surface area contributed by atoms with Crippen molar-refractivity contribution in [1.29, 1.82) is 0 Å². The molecule has 0 spiro atoms. The van der Waals surface area contributed by atoms with Gasteiger partial charge in [0.1, 0.15) is 5.75 Å². The van der Waals surface area contributed by atoms with Gasteiger partial charge in [0.25, 0.3) is 5.56 Å². The van der Waals surface area contributed by atoms with Crippen LogP contribution in [0, 0.1) is 0 Å². The molecule has 6 nitrogen and oxygen atoms in total. The number of carbonyl (C=O) groups is 1. The summed E-state index contributed by atoms with van der Waals surface area (Å²) in [5, 5.41) is 10.2. The second kappa shape index (κ2) is 9.70. The number of halogens is 1. The largest absolute Gasteiger partial charge is 0.507 e. The van der Waals surface area contributed by atoms with Gasteiger partial charge in [-0.3, -0.25) is 9.36 Å². The number of aromatic hydroxyl groups is 1. The monoisotopic (exact) mass is 544 g/mol. The third-order valence-corrected chi connectivity index (χ3v) is 7.44. The minimum Gasteiger partial charge on any atom is -0.507 e. The number of phenolic OH excluding ortho intramolecular Hbond substituents is 1. The normalized spacial score (nSPS) is 15.9. The molecule has 4 rings (SSSR count). The molecule has 0 aliphatic carbocycles. The van der Waals surface area contributed by atoms with Crippen LogP contribution in [0.1, 0.15) is 31.0 Å². The van der Waals surface area contributed by atoms with Crippen LogP contribution in [0.3, 0.4) is 0 Å². The van der Waals surface area contributed by atoms with Crippen LogP contribution in [0.5, 0.6) is 5.75 Å². The second-order valence-corrected chi connectivity index (χ2v) is 10.1. The predicted octanol–water partition coefficient (Wildman–Crippen LogP) is 3.99. The maximum Gasteiger partial charge on any atom is 0.338 e. The van der Waals surface area contributed by atoms with E-state index in [0.717, 1.165) is 14.9 Å². The van der Waals surface area contributed by atoms with Crippen molar-refractivity contribution in [2.45, 2.75) is 24.8 Å². The number of carbonyl (C=O) groups excluding carboxylic acids is 1. The van der Waals surface area contributed by atoms with Crippen molar-refractivity contribution in [3.05, 3.63) is 89.0 Å². The number of thioether (sulfide) groups is 1. The first-order chi connectivity index (χ1) is 15.8. The lowest BCUT2D eigenvalue weighted by atomic mass is 9.96. The summed E-state index contributed by atoms with van der Waals surface area (Å²) >= 11 is 6.23. The molecule has 0 fully saturated rings. The molecule has 1 aliphatic rings. The number of esters is 1. The zero-order valence-electron chi connectivity index (χ0n) is 18.2. The van der Waals surface area contributed by atoms with Crippen molar-refractivity contribution in [3.63, 3.8) is 0 Å². The van der Waals surface area contributed by atoms with Gasteiger partial charge in [0.2, 0.25) is 0 Å². The first kappa shape index (κ1) is 23.5. The van der Waals surface area contributed by atoms with Crippen LogP contribution in [0.15, 0.2) is 72.9 Å². The Balaban J connectivity index is 1.96. The molecule has 0 radical (unpaired) electrons. The van der Waals surface area contributed by atoms with Crippen LogP contribution in [-0.4, -0.2) is 28.5 Å². The van der Waals surface area contributed by atoms with Crippen LogP contribution in [0.25, 0.3) is 6.08 Å². The number of hydrogen-bond donors (Lipinski definition) is 1. The van der Waals surface area contributed by atoms with Crippen LogP contribution in [-0.2, 0) is 9.53 Å². The Labute approximate surface area is 207 Å². The van der Waals surface area contributed by atoms with Crippen LogP contribution >= 0.6 is 39.0 Å². The van der Waals surface area contributed by atoms with Gasteiger partial charge in [-0.05, 0) is 62.1 Å². The summed E-state index contributed by atoms with van der Waals surface area (Å²) in [5.74, 6) is -0.423. The lowest BCUT2D eigenvalue weighted by Gasteiger charge is -2.24. The molecule has 2 heterocycles. The van der Waals surface area contributed by atoms with Gasteiger partial charge in [-0.2, -0.15) is 0 Å². The summed E-state index contributed by atoms with van der Waals surface area (Å²) in [4.78, 5) is 32.6. The molecule has 0 amide bonds. The van der Waals surface area contributed by atoms with Gasteiger partial charge in [0, 0.05) is 14.9 Å². The molecular formula is C24H21BrN2O4S2. The number of ether oxygens (including phenoxy) is 1. The highest BCUT2D eigenvalue weighted by molar-refractivity contribution is 9.10. The molecule has 9 heteroatoms. The topological polar surface area (TPSA) is 80.9 Å². The summed E-state index contributed by atoms with van der Waals surface area (Å²) in [5.41, 5.74) is 1.88. The van der Waals surface area contributed by atoms with E-state index in [0.29, 0.717) is 26.2 Å². The highest BCUT2D eigenvalue weighted by atomic mass is 79.9. The van der Waals surface area contributed by atoms with Gasteiger partial charge >= 0.3 is 5.97 Å². The average Bonchev–Trinajstić information content (AvgIpc) is 3.10. The summed E-state index contributed by atoms with van der Waals surface area (Å²) < 4.78 is 8.05. The highest BCUT2D eigenvalue weighted by Gasteiger charge is 2.33. The smallest absolute Gasteiger partial charge is 0.338 e. The Morgan fingerprint density at radius 3 is 2.70 bits per heavy atom. The first-order valence-corrected chi connectivity index (χ1v) is 13.0. The van der Waals surface area contributed by atoms with Crippen molar-refractivity contribution in [1.82, 2.24) is 4.57 Å². The number of hydrogen-bond acceptors (Lipinski definition) is 7. The number of phenols is 1. The quantitative estimate of drug-likeness (QED) is 0.388. The number of aromatic nitrogens is 1. The zero-order chi connectivity index (χ0) is 23.7. The molecule has 1 aliphatic heterocycles. The summed E-state index contributed by atoms with van der Waals surface area (Å²) in [6.07, 6.45) is 3.63. The van der Waals surface area contributed by atoms with Gasteiger partial charge in [-0.15, -0.1) is 11.8 Å². The van der Waals surface area contributed by atoms with E-state index in [2.05, 4.69) is 20.9 Å². The Bertz CT molecular complexity index is 1440. The third kappa shape index (κ3) is 4.58. The van der Waals surface area contributed by atoms with E-state index < -0.39 is 12.0 Å². The van der Waals surface area contributed by atoms with Gasteiger partial charge in [-0.1, -0.05) is 39.4 Å². The van der Waals surface area contributed by atoms with Crippen LogP contribution in [0.4, 0.5) is 0 Å². The van der Waals surface area contributed by atoms with Crippen molar-refractivity contribution in [2.75, 3.05) is 12.9 Å². The molecule has 170 valence electrons. The van der Waals surface area contributed by atoms with E-state index in [1.54, 1.807) is 54.5 Å². The number of rotatable bonds is 5. The van der Waals surface area contributed by atoms with Gasteiger partial charge in [0.05, 0.1) is 28.5 Å². The Morgan fingerprint density at radius 2 is 2.03 bits per heavy atom. The molecule has 3 aromatic rings. The minimum absolute atomic E-state index is 0.0663. The third-order valence-electron chi connectivity index (χ3n) is 5.22. The predicted molar refractivity (Wildman–Crippen MR) is 134 cm³/mol. The SMILES string of the molecule is CCOC(=O)C1=C(C)N=c2sc(=Cc3cc(Br)ccc3O)c(=O)n2C1c1ccc(SC)cc1. The Hall–Kier alpha value is -2.62. The number of fused-ring (bicyclic) bond motifs is 1. The van der Waals surface area contributed by atoms with Crippen LogP contribution < -0.4 is 14.9 Å². The van der Waals surface area contributed by atoms with Crippen LogP contribution in [0.2, 0.25) is 0 Å². The maximum atomic E-state index is 13.6. The number of benzene rings is 2. The number of thiazole rings is 1. The van der Waals surface area contributed by atoms with Crippen molar-refractivity contribution in [3.8, 4) is 5.75 Å². The summed E-state index contributed by atoms with van der Waals surface area (Å²) in [7, 11) is 0. The van der Waals surface area contributed by atoms with E-state index in [1.807, 2.05) is 30.5 Å². The van der Waals surface area contributed by atoms with Crippen molar-refractivity contribution < 1.29 is 14.6 Å². The van der Waals surface area contributed by atoms with E-state index in [-0.39, 0.29) is 17.9 Å². The number of allylic oxidation sites excluding steroid dienone is 1. The fraction of sp³-hybridized carbons (Fsp3) is 0.208. The first-order valence-electron chi connectivity index (χ1n) is 10.2. The van der Waals surface area contributed by atoms with Crippen molar-refractivity contribution in [2.24, 2.45) is 4.99 Å². The molecule has 1 aromatic heterocycles. The second-order valence-electron chi connectivity index (χ2n) is 7.28. The number of nitrogens with zero attached hydrogens (tertiary/aromatic N) is 2. The van der Waals surface area contributed by atoms with E-state index >= 15 is 0 Å². The molecule has 1 atom stereocenters. The van der Waals surface area contributed by atoms with Gasteiger partial charge in [-0.25, -0.2) is 9.79 Å². The lowest BCUT2D eigenvalue weighted by molar-refractivity contribution is -0.139. The minimum atomic E-state index is -0.658. The average molecular weight is 545 g/mol. The van der Waals surface area contributed by atoms with E-state index in [9.17, 15) is 14.7 Å². The maximum absolute atomic E-state index is 13.6. The fourth-order valence-electron chi connectivity index (χ4n) is 3.68. The summed E-state index contributed by atoms with van der Waals surface area (Å²) in [6.45, 7) is 3.73. The molecule has 1 unspecified atom stereocenters. The standard InChI is InChI=1S/C24H21BrN2O4S2/c1-4-31-23(30)20-13(2)26-24-27(21(20)14-5-8-17(32-3)9-6-14)22(29)19(33-24)12-15-11-16(25)7-10-18(15)28/h5-12,21,28H,4H2,1-3H3. The highest BCUT2D eigenvalue weighted by Crippen LogP contribution is 2.31. The fourth-order valence-corrected chi connectivity index (χ4v) is 5.50. The molecular weight excluding hydrogens is 524 g/mol. The van der Waals surface area contributed by atoms with E-state index in [1.165, 1.54) is 11.3 Å². The van der Waals surface area contributed by atoms with E-state index in [4.69, 9.17) is 4.74 Å². The summed E-state index contributed by atoms with van der Waals surface area (Å²) in [6, 6.07) is 12.1. The molecule has 33 heavy (non-hydrogen) atoms. The van der Waals surface area contributed by atoms with Gasteiger partial charge < -0.3 is 9.84 Å². The van der Waals surface area contributed by atoms with Crippen molar-refractivity contribution >= 4 is 51.1 Å². The van der Waals surface area contributed by atoms with Gasteiger partial charge in [0.15, 0.2) is 4.80 Å². The lowest BCUT2D eigenvalue weighted by Crippen LogP contribution is -2.39. The Morgan fingerprint density at radius 1 is 1.30 bits per heavy atom. The molecule has 0 saturated heterocycles. The zero-order valence-corrected chi connectivity index (χ0v) is 21.4. The molecule has 1 N–H and O–H groups in total.